The van der Waals surface area contributed by atoms with Gasteiger partial charge in [0.1, 0.15) is 5.69 Å². The third kappa shape index (κ3) is 6.26. The lowest BCUT2D eigenvalue weighted by molar-refractivity contribution is -0.0387. The Balaban J connectivity index is 1.38. The van der Waals surface area contributed by atoms with E-state index in [0.717, 1.165) is 6.54 Å². The van der Waals surface area contributed by atoms with E-state index >= 15 is 0 Å². The van der Waals surface area contributed by atoms with E-state index in [1.165, 1.54) is 23.7 Å². The molecule has 14 heteroatoms. The molecule has 2 N–H and O–H groups in total. The summed E-state index contributed by atoms with van der Waals surface area (Å²) in [6, 6.07) is 2.61. The van der Waals surface area contributed by atoms with Crippen LogP contribution >= 0.6 is 11.3 Å². The van der Waals surface area contributed by atoms with Crippen LogP contribution in [-0.4, -0.2) is 83.9 Å². The third-order valence-electron chi connectivity index (χ3n) is 6.14. The lowest BCUT2D eigenvalue weighted by Crippen LogP contribution is -2.48. The molecule has 2 atom stereocenters. The second-order valence-corrected chi connectivity index (χ2v) is 12.1. The number of nitrogens with zero attached hydrogens (tertiary/aromatic N) is 5. The number of sulfonamides is 1. The van der Waals surface area contributed by atoms with Crippen molar-refractivity contribution in [2.75, 3.05) is 38.1 Å². The molecule has 1 amide bonds. The molecule has 1 saturated heterocycles. The van der Waals surface area contributed by atoms with Gasteiger partial charge < -0.3 is 19.7 Å². The quantitative estimate of drug-likeness (QED) is 0.378. The van der Waals surface area contributed by atoms with Gasteiger partial charge in [-0.2, -0.15) is 0 Å². The van der Waals surface area contributed by atoms with Crippen LogP contribution in [0.15, 0.2) is 36.9 Å². The topological polar surface area (TPSA) is 149 Å². The number of morpholine rings is 1. The highest BCUT2D eigenvalue weighted by molar-refractivity contribution is 7.93. The van der Waals surface area contributed by atoms with Gasteiger partial charge in [0.05, 0.1) is 59.3 Å². The number of amides is 1. The van der Waals surface area contributed by atoms with E-state index in [-0.39, 0.29) is 10.3 Å². The van der Waals surface area contributed by atoms with Crippen LogP contribution in [0.4, 0.5) is 5.69 Å². The lowest BCUT2D eigenvalue weighted by atomic mass is 10.0. The van der Waals surface area contributed by atoms with Crippen LogP contribution in [-0.2, 0) is 14.8 Å². The normalized spacial score (nSPS) is 19.1. The number of anilines is 1. The first-order valence-corrected chi connectivity index (χ1v) is 14.7. The minimum atomic E-state index is -3.45. The SMILES string of the molecule is CCOc1cncc(-c2cnc(C(=O)N[C@H](c3cc(NS(=O)(=O)C4CC4)ccn3)[C@H]3CN(C)CCO3)s2)n1. The van der Waals surface area contributed by atoms with Gasteiger partial charge in [-0.1, -0.05) is 0 Å². The number of hydrogen-bond acceptors (Lipinski definition) is 11. The predicted octanol–water partition coefficient (Wildman–Crippen LogP) is 2.10. The molecule has 2 aliphatic rings. The van der Waals surface area contributed by atoms with Crippen LogP contribution in [0.1, 0.15) is 41.3 Å². The smallest absolute Gasteiger partial charge is 0.280 e. The van der Waals surface area contributed by atoms with Crippen molar-refractivity contribution in [3.63, 3.8) is 0 Å². The molecule has 1 aliphatic carbocycles. The van der Waals surface area contributed by atoms with Crippen molar-refractivity contribution in [3.8, 4) is 16.5 Å². The molecule has 202 valence electrons. The van der Waals surface area contributed by atoms with Gasteiger partial charge in [-0.25, -0.2) is 18.4 Å². The minimum absolute atomic E-state index is 0.239. The van der Waals surface area contributed by atoms with Crippen LogP contribution in [0.3, 0.4) is 0 Å². The third-order valence-corrected chi connectivity index (χ3v) is 9.02. The van der Waals surface area contributed by atoms with Crippen molar-refractivity contribution in [3.05, 3.63) is 47.6 Å². The molecule has 0 aromatic carbocycles. The fourth-order valence-corrected chi connectivity index (χ4v) is 6.22. The summed E-state index contributed by atoms with van der Waals surface area (Å²) < 4.78 is 39.0. The first kappa shape index (κ1) is 26.4. The van der Waals surface area contributed by atoms with Crippen molar-refractivity contribution in [2.45, 2.75) is 37.2 Å². The second-order valence-electron chi connectivity index (χ2n) is 9.14. The summed E-state index contributed by atoms with van der Waals surface area (Å²) in [4.78, 5) is 33.5. The summed E-state index contributed by atoms with van der Waals surface area (Å²) in [6.45, 7) is 4.15. The molecular formula is C24H29N7O5S2. The second kappa shape index (κ2) is 11.3. The Labute approximate surface area is 224 Å². The van der Waals surface area contributed by atoms with Crippen molar-refractivity contribution in [1.82, 2.24) is 30.2 Å². The summed E-state index contributed by atoms with van der Waals surface area (Å²) in [5.41, 5.74) is 1.44. The maximum absolute atomic E-state index is 13.3. The number of pyridine rings is 1. The Hall–Kier alpha value is -3.20. The molecular weight excluding hydrogens is 530 g/mol. The monoisotopic (exact) mass is 559 g/mol. The van der Waals surface area contributed by atoms with Gasteiger partial charge in [0, 0.05) is 25.5 Å². The van der Waals surface area contributed by atoms with Crippen molar-refractivity contribution >= 4 is 33.0 Å². The van der Waals surface area contributed by atoms with Crippen molar-refractivity contribution in [1.29, 1.82) is 0 Å². The highest BCUT2D eigenvalue weighted by Gasteiger charge is 2.36. The van der Waals surface area contributed by atoms with Gasteiger partial charge in [0.25, 0.3) is 5.91 Å². The van der Waals surface area contributed by atoms with E-state index in [1.807, 2.05) is 14.0 Å². The van der Waals surface area contributed by atoms with Crippen LogP contribution in [0.2, 0.25) is 0 Å². The Morgan fingerprint density at radius 2 is 2.13 bits per heavy atom. The molecule has 0 radical (unpaired) electrons. The largest absolute Gasteiger partial charge is 0.477 e. The number of ether oxygens (including phenoxy) is 2. The first-order chi connectivity index (χ1) is 18.3. The predicted molar refractivity (Wildman–Crippen MR) is 142 cm³/mol. The summed E-state index contributed by atoms with van der Waals surface area (Å²) in [5, 5.41) is 2.90. The van der Waals surface area contributed by atoms with Crippen molar-refractivity contribution in [2.24, 2.45) is 0 Å². The molecule has 0 bridgehead atoms. The molecule has 5 rings (SSSR count). The van der Waals surface area contributed by atoms with E-state index < -0.39 is 28.1 Å². The van der Waals surface area contributed by atoms with Gasteiger partial charge in [0.2, 0.25) is 15.9 Å². The molecule has 1 saturated carbocycles. The highest BCUT2D eigenvalue weighted by Crippen LogP contribution is 2.31. The zero-order valence-corrected chi connectivity index (χ0v) is 22.7. The molecule has 0 unspecified atom stereocenters. The van der Waals surface area contributed by atoms with Crippen LogP contribution in [0.25, 0.3) is 10.6 Å². The highest BCUT2D eigenvalue weighted by atomic mass is 32.2. The molecule has 1 aliphatic heterocycles. The van der Waals surface area contributed by atoms with Gasteiger partial charge in [-0.3, -0.25) is 19.5 Å². The fourth-order valence-electron chi connectivity index (χ4n) is 4.06. The number of carbonyl (C=O) groups excluding carboxylic acids is 1. The number of nitrogens with one attached hydrogen (secondary N) is 2. The van der Waals surface area contributed by atoms with Gasteiger partial charge in [-0.05, 0) is 38.9 Å². The lowest BCUT2D eigenvalue weighted by Gasteiger charge is -2.35. The summed E-state index contributed by atoms with van der Waals surface area (Å²) in [6.07, 6.45) is 7.14. The number of rotatable bonds is 10. The van der Waals surface area contributed by atoms with Crippen LogP contribution in [0, 0.1) is 0 Å². The molecule has 3 aromatic heterocycles. The van der Waals surface area contributed by atoms with Gasteiger partial charge in [0.15, 0.2) is 5.01 Å². The first-order valence-electron chi connectivity index (χ1n) is 12.3. The minimum Gasteiger partial charge on any atom is -0.477 e. The maximum atomic E-state index is 13.3. The Kier molecular flexibility index (Phi) is 7.83. The van der Waals surface area contributed by atoms with E-state index in [9.17, 15) is 13.2 Å². The Morgan fingerprint density at radius 3 is 2.89 bits per heavy atom. The number of likely N-dealkylation sites (N-methyl/N-ethyl adjacent to an activating group) is 1. The summed E-state index contributed by atoms with van der Waals surface area (Å²) in [7, 11) is -1.47. The zero-order valence-electron chi connectivity index (χ0n) is 21.0. The number of carbonyl (C=O) groups is 1. The Morgan fingerprint density at radius 1 is 1.29 bits per heavy atom. The molecule has 38 heavy (non-hydrogen) atoms. The maximum Gasteiger partial charge on any atom is 0.280 e. The fraction of sp³-hybridized carbons (Fsp3) is 0.458. The average Bonchev–Trinajstić information content (AvgIpc) is 3.65. The molecule has 0 spiro atoms. The average molecular weight is 560 g/mol. The number of thiazole rings is 1. The van der Waals surface area contributed by atoms with E-state index in [2.05, 4.69) is 34.9 Å². The zero-order chi connectivity index (χ0) is 26.7. The van der Waals surface area contributed by atoms with Crippen LogP contribution in [0.5, 0.6) is 5.88 Å². The van der Waals surface area contributed by atoms with E-state index in [4.69, 9.17) is 9.47 Å². The van der Waals surface area contributed by atoms with Gasteiger partial charge >= 0.3 is 0 Å². The standard InChI is InChI=1S/C24H29N7O5S2/c1-3-35-21-13-25-11-18(28-21)20-12-27-24(37-20)23(32)29-22(19-14-31(2)8-9-36-19)17-10-15(6-7-26-17)30-38(33,34)16-4-5-16/h6-7,10-13,16,19,22H,3-5,8-9,14H2,1-2H3,(H,26,30)(H,29,32)/t19-,22-/m1/s1. The number of hydrogen-bond donors (Lipinski definition) is 2. The van der Waals surface area contributed by atoms with E-state index in [0.29, 0.717) is 60.4 Å². The molecule has 3 aromatic rings. The number of aromatic nitrogens is 4. The molecule has 4 heterocycles. The summed E-state index contributed by atoms with van der Waals surface area (Å²) >= 11 is 1.18. The Bertz CT molecular complexity index is 1400. The van der Waals surface area contributed by atoms with Crippen LogP contribution < -0.4 is 14.8 Å². The molecule has 12 nitrogen and oxygen atoms in total. The van der Waals surface area contributed by atoms with E-state index in [1.54, 1.807) is 24.5 Å². The summed E-state index contributed by atoms with van der Waals surface area (Å²) in [5.74, 6) is -0.00550. The van der Waals surface area contributed by atoms with Gasteiger partial charge in [-0.15, -0.1) is 11.3 Å². The van der Waals surface area contributed by atoms with Crippen molar-refractivity contribution < 1.29 is 22.7 Å². The molecule has 2 fully saturated rings.